The van der Waals surface area contributed by atoms with Gasteiger partial charge in [-0.25, -0.2) is 5.43 Å². The molecular weight excluding hydrogens is 355 g/mol. The van der Waals surface area contributed by atoms with Crippen molar-refractivity contribution < 1.29 is 18.0 Å². The molecule has 0 heterocycles. The molecule has 0 saturated carbocycles. The fraction of sp³-hybridized carbons (Fsp3) is 0.176. The zero-order chi connectivity index (χ0) is 18.6. The number of rotatable bonds is 4. The molecule has 1 N–H and O–H groups in total. The van der Waals surface area contributed by atoms with Crippen molar-refractivity contribution in [2.75, 3.05) is 19.0 Å². The second-order valence-corrected chi connectivity index (χ2v) is 5.81. The van der Waals surface area contributed by atoms with Gasteiger partial charge < -0.3 is 4.90 Å². The van der Waals surface area contributed by atoms with Crippen LogP contribution in [0.3, 0.4) is 0 Å². The maximum atomic E-state index is 13.2. The highest BCUT2D eigenvalue weighted by Gasteiger charge is 2.33. The van der Waals surface area contributed by atoms with Crippen molar-refractivity contribution in [1.82, 2.24) is 5.43 Å². The van der Waals surface area contributed by atoms with E-state index in [0.717, 1.165) is 12.3 Å². The van der Waals surface area contributed by atoms with Crippen molar-refractivity contribution in [2.24, 2.45) is 5.10 Å². The lowest BCUT2D eigenvalue weighted by atomic mass is 10.1. The Balaban J connectivity index is 2.20. The lowest BCUT2D eigenvalue weighted by Crippen LogP contribution is -2.18. The smallest absolute Gasteiger partial charge is 0.378 e. The molecule has 0 aliphatic carbocycles. The molecule has 4 nitrogen and oxygen atoms in total. The molecule has 8 heteroatoms. The van der Waals surface area contributed by atoms with E-state index >= 15 is 0 Å². The van der Waals surface area contributed by atoms with Gasteiger partial charge in [0.05, 0.1) is 11.8 Å². The Labute approximate surface area is 147 Å². The zero-order valence-electron chi connectivity index (χ0n) is 13.4. The number of nitrogens with zero attached hydrogens (tertiary/aromatic N) is 2. The van der Waals surface area contributed by atoms with Crippen molar-refractivity contribution in [3.05, 3.63) is 64.2 Å². The lowest BCUT2D eigenvalue weighted by molar-refractivity contribution is -0.137. The van der Waals surface area contributed by atoms with Gasteiger partial charge in [-0.1, -0.05) is 17.7 Å². The van der Waals surface area contributed by atoms with Gasteiger partial charge in [0.1, 0.15) is 0 Å². The summed E-state index contributed by atoms with van der Waals surface area (Å²) in [6.45, 7) is 0. The summed E-state index contributed by atoms with van der Waals surface area (Å²) in [5, 5.41) is 4.09. The lowest BCUT2D eigenvalue weighted by Gasteiger charge is -2.16. The highest BCUT2D eigenvalue weighted by atomic mass is 35.5. The van der Waals surface area contributed by atoms with Crippen LogP contribution in [-0.2, 0) is 6.18 Å². The number of hydrogen-bond donors (Lipinski definition) is 1. The Bertz CT molecular complexity index is 787. The Morgan fingerprint density at radius 1 is 1.16 bits per heavy atom. The van der Waals surface area contributed by atoms with Crippen LogP contribution in [0, 0.1) is 0 Å². The number of carbonyl (C=O) groups excluding carboxylic acids is 1. The summed E-state index contributed by atoms with van der Waals surface area (Å²) < 4.78 is 39.6. The van der Waals surface area contributed by atoms with Gasteiger partial charge in [-0.05, 0) is 36.4 Å². The first-order chi connectivity index (χ1) is 11.7. The third-order valence-corrected chi connectivity index (χ3v) is 3.59. The van der Waals surface area contributed by atoms with Crippen LogP contribution in [0.1, 0.15) is 21.5 Å². The number of benzene rings is 2. The third kappa shape index (κ3) is 4.96. The van der Waals surface area contributed by atoms with Crippen LogP contribution in [0.5, 0.6) is 0 Å². The predicted molar refractivity (Wildman–Crippen MR) is 92.3 cm³/mol. The first kappa shape index (κ1) is 18.8. The van der Waals surface area contributed by atoms with E-state index in [1.54, 1.807) is 19.0 Å². The van der Waals surface area contributed by atoms with Crippen LogP contribution < -0.4 is 10.3 Å². The Morgan fingerprint density at radius 3 is 2.36 bits per heavy atom. The van der Waals surface area contributed by atoms with E-state index in [2.05, 4.69) is 10.5 Å². The normalized spacial score (nSPS) is 11.6. The van der Waals surface area contributed by atoms with Gasteiger partial charge in [0, 0.05) is 35.9 Å². The molecule has 0 unspecified atom stereocenters. The Hall–Kier alpha value is -2.54. The van der Waals surface area contributed by atoms with Crippen LogP contribution in [0.15, 0.2) is 47.6 Å². The molecule has 0 bridgehead atoms. The maximum Gasteiger partial charge on any atom is 0.417 e. The number of halogens is 4. The maximum absolute atomic E-state index is 13.2. The fourth-order valence-corrected chi connectivity index (χ4v) is 2.13. The summed E-state index contributed by atoms with van der Waals surface area (Å²) in [6, 6.07) is 9.90. The number of anilines is 1. The van der Waals surface area contributed by atoms with E-state index < -0.39 is 17.6 Å². The van der Waals surface area contributed by atoms with Crippen LogP contribution >= 0.6 is 11.6 Å². The number of hydrazone groups is 1. The summed E-state index contributed by atoms with van der Waals surface area (Å²) >= 11 is 5.72. The van der Waals surface area contributed by atoms with Crippen molar-refractivity contribution in [1.29, 1.82) is 0 Å². The molecule has 0 spiro atoms. The van der Waals surface area contributed by atoms with Gasteiger partial charge in [0.15, 0.2) is 0 Å². The average molecular weight is 370 g/mol. The highest BCUT2D eigenvalue weighted by molar-refractivity contribution is 6.30. The SMILES string of the molecule is CN(C)c1ccc(/C=N/NC(=O)c2ccc(Cl)cc2)c(C(F)(F)F)c1. The molecule has 0 aliphatic heterocycles. The van der Waals surface area contributed by atoms with Crippen LogP contribution in [0.25, 0.3) is 0 Å². The summed E-state index contributed by atoms with van der Waals surface area (Å²) in [5.41, 5.74) is 1.92. The summed E-state index contributed by atoms with van der Waals surface area (Å²) in [5.74, 6) is -0.550. The second-order valence-electron chi connectivity index (χ2n) is 5.37. The molecular formula is C17H15ClF3N3O. The van der Waals surface area contributed by atoms with E-state index in [1.165, 1.54) is 36.4 Å². The van der Waals surface area contributed by atoms with Crippen molar-refractivity contribution in [3.63, 3.8) is 0 Å². The van der Waals surface area contributed by atoms with Crippen molar-refractivity contribution in [3.8, 4) is 0 Å². The number of carbonyl (C=O) groups is 1. The fourth-order valence-electron chi connectivity index (χ4n) is 2.01. The molecule has 0 radical (unpaired) electrons. The first-order valence-electron chi connectivity index (χ1n) is 7.16. The number of amides is 1. The monoisotopic (exact) mass is 369 g/mol. The van der Waals surface area contributed by atoms with Crippen molar-refractivity contribution in [2.45, 2.75) is 6.18 Å². The molecule has 2 aromatic rings. The van der Waals surface area contributed by atoms with Gasteiger partial charge in [-0.3, -0.25) is 4.79 Å². The minimum absolute atomic E-state index is 0.144. The molecule has 132 valence electrons. The molecule has 0 aliphatic rings. The average Bonchev–Trinajstić information content (AvgIpc) is 2.54. The highest BCUT2D eigenvalue weighted by Crippen LogP contribution is 2.33. The standard InChI is InChI=1S/C17H15ClF3N3O/c1-24(2)14-8-5-12(15(9-14)17(19,20)21)10-22-23-16(25)11-3-6-13(18)7-4-11/h3-10H,1-2H3,(H,23,25)/b22-10+. The topological polar surface area (TPSA) is 44.7 Å². The predicted octanol–water partition coefficient (Wildman–Crippen LogP) is 4.19. The van der Waals surface area contributed by atoms with E-state index in [4.69, 9.17) is 11.6 Å². The second kappa shape index (κ2) is 7.57. The van der Waals surface area contributed by atoms with Gasteiger partial charge >= 0.3 is 6.18 Å². The van der Waals surface area contributed by atoms with Crippen LogP contribution in [0.2, 0.25) is 5.02 Å². The number of nitrogens with one attached hydrogen (secondary N) is 1. The van der Waals surface area contributed by atoms with Crippen LogP contribution in [0.4, 0.5) is 18.9 Å². The summed E-state index contributed by atoms with van der Waals surface area (Å²) in [4.78, 5) is 13.4. The van der Waals surface area contributed by atoms with Gasteiger partial charge in [-0.15, -0.1) is 0 Å². The molecule has 0 atom stereocenters. The van der Waals surface area contributed by atoms with E-state index in [9.17, 15) is 18.0 Å². The zero-order valence-corrected chi connectivity index (χ0v) is 14.2. The largest absolute Gasteiger partial charge is 0.417 e. The van der Waals surface area contributed by atoms with Gasteiger partial charge in [0.25, 0.3) is 5.91 Å². The first-order valence-corrected chi connectivity index (χ1v) is 7.54. The van der Waals surface area contributed by atoms with E-state index in [1.807, 2.05) is 0 Å². The third-order valence-electron chi connectivity index (χ3n) is 3.33. The van der Waals surface area contributed by atoms with Gasteiger partial charge in [0.2, 0.25) is 0 Å². The quantitative estimate of drug-likeness (QED) is 0.648. The molecule has 2 rings (SSSR count). The minimum Gasteiger partial charge on any atom is -0.378 e. The molecule has 0 fully saturated rings. The number of alkyl halides is 3. The van der Waals surface area contributed by atoms with Gasteiger partial charge in [-0.2, -0.15) is 18.3 Å². The molecule has 0 aromatic heterocycles. The number of hydrogen-bond acceptors (Lipinski definition) is 3. The van der Waals surface area contributed by atoms with Crippen molar-refractivity contribution >= 4 is 29.4 Å². The summed E-state index contributed by atoms with van der Waals surface area (Å²) in [6.07, 6.45) is -3.57. The molecule has 2 aromatic carbocycles. The minimum atomic E-state index is -4.53. The Kier molecular flexibility index (Phi) is 5.69. The molecule has 1 amide bonds. The van der Waals surface area contributed by atoms with Crippen LogP contribution in [-0.4, -0.2) is 26.2 Å². The van der Waals surface area contributed by atoms with E-state index in [0.29, 0.717) is 16.3 Å². The Morgan fingerprint density at radius 2 is 1.80 bits per heavy atom. The molecule has 25 heavy (non-hydrogen) atoms. The van der Waals surface area contributed by atoms with E-state index in [-0.39, 0.29) is 5.56 Å². The molecule has 0 saturated heterocycles. The summed E-state index contributed by atoms with van der Waals surface area (Å²) in [7, 11) is 3.30.